The lowest BCUT2D eigenvalue weighted by molar-refractivity contribution is -0.0952. The third-order valence-corrected chi connectivity index (χ3v) is 11.3. The van der Waals surface area contributed by atoms with Crippen LogP contribution in [0.1, 0.15) is 113 Å². The summed E-state index contributed by atoms with van der Waals surface area (Å²) in [6.07, 6.45) is 16.5. The zero-order valence-electron chi connectivity index (χ0n) is 21.9. The standard InChI is InChI=1S/C30H50O/c1-20(2)10-9-11-21(3)22-14-18-30(8)24-12-13-25-27(4,5)26(31)16-17-28(25,6)23(24)15-19-29(22,30)7/h14,18,20-22,25-26,31H,9-13,15-17,19H2,1-8H3/t21-,22-,25?,26+,28-,29-,30+/m1/s1. The number of rotatable bonds is 5. The fourth-order valence-electron chi connectivity index (χ4n) is 9.03. The molecule has 0 heterocycles. The normalized spacial score (nSPS) is 44.8. The van der Waals surface area contributed by atoms with Crippen LogP contribution in [-0.4, -0.2) is 11.2 Å². The second kappa shape index (κ2) is 7.75. The van der Waals surface area contributed by atoms with Gasteiger partial charge in [-0.25, -0.2) is 0 Å². The van der Waals surface area contributed by atoms with Crippen molar-refractivity contribution in [3.05, 3.63) is 23.3 Å². The molecular formula is C30H50O. The Morgan fingerprint density at radius 3 is 2.32 bits per heavy atom. The molecule has 0 aromatic carbocycles. The molecule has 4 aliphatic rings. The van der Waals surface area contributed by atoms with Crippen LogP contribution in [0.15, 0.2) is 23.3 Å². The van der Waals surface area contributed by atoms with E-state index in [0.29, 0.717) is 17.3 Å². The van der Waals surface area contributed by atoms with Gasteiger partial charge in [0.15, 0.2) is 0 Å². The van der Waals surface area contributed by atoms with Crippen molar-refractivity contribution in [2.75, 3.05) is 0 Å². The topological polar surface area (TPSA) is 20.2 Å². The van der Waals surface area contributed by atoms with E-state index < -0.39 is 0 Å². The lowest BCUT2D eigenvalue weighted by Crippen LogP contribution is -2.55. The number of hydrogen-bond donors (Lipinski definition) is 1. The Morgan fingerprint density at radius 2 is 1.65 bits per heavy atom. The third kappa shape index (κ3) is 3.34. The van der Waals surface area contributed by atoms with Crippen LogP contribution in [0.3, 0.4) is 0 Å². The van der Waals surface area contributed by atoms with Gasteiger partial charge in [0.1, 0.15) is 0 Å². The first-order valence-corrected chi connectivity index (χ1v) is 13.5. The molecule has 1 N–H and O–H groups in total. The summed E-state index contributed by atoms with van der Waals surface area (Å²) >= 11 is 0. The Bertz CT molecular complexity index is 756. The molecule has 0 aromatic heterocycles. The highest BCUT2D eigenvalue weighted by Gasteiger charge is 2.61. The minimum absolute atomic E-state index is 0.0339. The number of allylic oxidation sites excluding steroid dienone is 4. The van der Waals surface area contributed by atoms with Gasteiger partial charge in [0.25, 0.3) is 0 Å². The number of aliphatic hydroxyl groups excluding tert-OH is 1. The Morgan fingerprint density at radius 1 is 0.935 bits per heavy atom. The van der Waals surface area contributed by atoms with Crippen LogP contribution in [0, 0.1) is 45.3 Å². The molecule has 1 nitrogen and oxygen atoms in total. The van der Waals surface area contributed by atoms with E-state index in [1.54, 1.807) is 11.1 Å². The summed E-state index contributed by atoms with van der Waals surface area (Å²) in [4.78, 5) is 0. The predicted octanol–water partition coefficient (Wildman–Crippen LogP) is 8.34. The van der Waals surface area contributed by atoms with E-state index in [9.17, 15) is 5.11 Å². The molecule has 0 saturated heterocycles. The quantitative estimate of drug-likeness (QED) is 0.438. The molecule has 4 aliphatic carbocycles. The molecule has 1 unspecified atom stereocenters. The summed E-state index contributed by atoms with van der Waals surface area (Å²) in [7, 11) is 0. The van der Waals surface area contributed by atoms with Crippen LogP contribution in [0.4, 0.5) is 0 Å². The minimum Gasteiger partial charge on any atom is -0.393 e. The summed E-state index contributed by atoms with van der Waals surface area (Å²) in [6, 6.07) is 0. The summed E-state index contributed by atoms with van der Waals surface area (Å²) in [6.45, 7) is 19.7. The van der Waals surface area contributed by atoms with Gasteiger partial charge in [-0.2, -0.15) is 0 Å². The largest absolute Gasteiger partial charge is 0.393 e. The van der Waals surface area contributed by atoms with Crippen molar-refractivity contribution in [3.63, 3.8) is 0 Å². The highest BCUT2D eigenvalue weighted by molar-refractivity contribution is 5.43. The molecule has 0 aromatic rings. The monoisotopic (exact) mass is 426 g/mol. The summed E-state index contributed by atoms with van der Waals surface area (Å²) in [5.74, 6) is 2.93. The molecule has 1 saturated carbocycles. The van der Waals surface area contributed by atoms with Crippen molar-refractivity contribution in [3.8, 4) is 0 Å². The maximum atomic E-state index is 10.8. The Kier molecular flexibility index (Phi) is 5.90. The van der Waals surface area contributed by atoms with Crippen LogP contribution in [0.25, 0.3) is 0 Å². The highest BCUT2D eigenvalue weighted by Crippen LogP contribution is 2.70. The first-order valence-electron chi connectivity index (χ1n) is 13.5. The summed E-state index contributed by atoms with van der Waals surface area (Å²) < 4.78 is 0. The van der Waals surface area contributed by atoms with E-state index in [1.807, 2.05) is 0 Å². The maximum absolute atomic E-state index is 10.8. The SMILES string of the molecule is CC(C)CCC[C@@H](C)[C@H]1C=C[C@@]2(C)C3=C(CC[C@]12C)[C@@]1(C)CC[C@H](O)C(C)(C)C1CC3. The maximum Gasteiger partial charge on any atom is 0.0594 e. The first-order chi connectivity index (χ1) is 14.4. The average molecular weight is 427 g/mol. The Balaban J connectivity index is 1.64. The van der Waals surface area contributed by atoms with Gasteiger partial charge in [-0.15, -0.1) is 0 Å². The summed E-state index contributed by atoms with van der Waals surface area (Å²) in [5, 5.41) is 10.8. The molecule has 0 bridgehead atoms. The van der Waals surface area contributed by atoms with Crippen molar-refractivity contribution in [1.82, 2.24) is 0 Å². The molecule has 7 atom stereocenters. The molecule has 0 aliphatic heterocycles. The number of hydrogen-bond acceptors (Lipinski definition) is 1. The van der Waals surface area contributed by atoms with Gasteiger partial charge >= 0.3 is 0 Å². The molecule has 4 rings (SSSR count). The van der Waals surface area contributed by atoms with Gasteiger partial charge in [-0.05, 0) is 78.4 Å². The fourth-order valence-corrected chi connectivity index (χ4v) is 9.03. The van der Waals surface area contributed by atoms with Gasteiger partial charge < -0.3 is 5.11 Å². The van der Waals surface area contributed by atoms with Crippen LogP contribution >= 0.6 is 0 Å². The van der Waals surface area contributed by atoms with Crippen molar-refractivity contribution in [2.45, 2.75) is 119 Å². The molecular weight excluding hydrogens is 376 g/mol. The van der Waals surface area contributed by atoms with Crippen molar-refractivity contribution < 1.29 is 5.11 Å². The summed E-state index contributed by atoms with van der Waals surface area (Å²) in [5.41, 5.74) is 4.53. The highest BCUT2D eigenvalue weighted by atomic mass is 16.3. The van der Waals surface area contributed by atoms with Crippen molar-refractivity contribution >= 4 is 0 Å². The van der Waals surface area contributed by atoms with Crippen LogP contribution < -0.4 is 0 Å². The van der Waals surface area contributed by atoms with Gasteiger partial charge in [-0.1, -0.05) is 98.0 Å². The molecule has 176 valence electrons. The van der Waals surface area contributed by atoms with E-state index in [2.05, 4.69) is 67.5 Å². The lowest BCUT2D eigenvalue weighted by atomic mass is 9.43. The van der Waals surface area contributed by atoms with Crippen LogP contribution in [-0.2, 0) is 0 Å². The van der Waals surface area contributed by atoms with Crippen LogP contribution in [0.5, 0.6) is 0 Å². The number of fused-ring (bicyclic) bond motifs is 4. The molecule has 0 spiro atoms. The Hall–Kier alpha value is -0.560. The average Bonchev–Trinajstić information content (AvgIpc) is 2.96. The molecule has 31 heavy (non-hydrogen) atoms. The zero-order chi connectivity index (χ0) is 22.8. The Labute approximate surface area is 193 Å². The minimum atomic E-state index is -0.139. The van der Waals surface area contributed by atoms with Gasteiger partial charge in [0.05, 0.1) is 6.10 Å². The zero-order valence-corrected chi connectivity index (χ0v) is 21.9. The lowest BCUT2D eigenvalue weighted by Gasteiger charge is -2.62. The predicted molar refractivity (Wildman–Crippen MR) is 133 cm³/mol. The second-order valence-corrected chi connectivity index (χ2v) is 13.6. The second-order valence-electron chi connectivity index (χ2n) is 13.6. The van der Waals surface area contributed by atoms with E-state index in [4.69, 9.17) is 0 Å². The molecule has 0 radical (unpaired) electrons. The smallest absolute Gasteiger partial charge is 0.0594 e. The fraction of sp³-hybridized carbons (Fsp3) is 0.867. The van der Waals surface area contributed by atoms with Crippen LogP contribution in [0.2, 0.25) is 0 Å². The van der Waals surface area contributed by atoms with Crippen molar-refractivity contribution in [1.29, 1.82) is 0 Å². The molecule has 1 fully saturated rings. The van der Waals surface area contributed by atoms with Crippen molar-refractivity contribution in [2.24, 2.45) is 45.3 Å². The van der Waals surface area contributed by atoms with Gasteiger partial charge in [0, 0.05) is 5.41 Å². The molecule has 0 amide bonds. The molecule has 1 heteroatoms. The van der Waals surface area contributed by atoms with E-state index in [-0.39, 0.29) is 22.3 Å². The number of aliphatic hydroxyl groups is 1. The first kappa shape index (κ1) is 23.6. The van der Waals surface area contributed by atoms with E-state index >= 15 is 0 Å². The van der Waals surface area contributed by atoms with E-state index in [1.165, 1.54) is 51.4 Å². The van der Waals surface area contributed by atoms with E-state index in [0.717, 1.165) is 18.3 Å². The third-order valence-electron chi connectivity index (χ3n) is 11.3. The van der Waals surface area contributed by atoms with Gasteiger partial charge in [-0.3, -0.25) is 0 Å². The van der Waals surface area contributed by atoms with Gasteiger partial charge in [0.2, 0.25) is 0 Å².